The van der Waals surface area contributed by atoms with E-state index in [-0.39, 0.29) is 0 Å². The van der Waals surface area contributed by atoms with E-state index in [9.17, 15) is 5.11 Å². The largest absolute Gasteiger partial charge is 0.385 e. The third kappa shape index (κ3) is 2.68. The molecule has 0 amide bonds. The SMILES string of the molecule is Cc1ccc(-c2cccc(-n3nnnc3[C@H](C)O)c2)cc1. The van der Waals surface area contributed by atoms with Gasteiger partial charge in [0.25, 0.3) is 0 Å². The van der Waals surface area contributed by atoms with Gasteiger partial charge in [-0.1, -0.05) is 42.0 Å². The van der Waals surface area contributed by atoms with Crippen LogP contribution in [-0.2, 0) is 0 Å². The van der Waals surface area contributed by atoms with Crippen LogP contribution in [0.25, 0.3) is 16.8 Å². The molecular weight excluding hydrogens is 264 g/mol. The van der Waals surface area contributed by atoms with Crippen LogP contribution in [0, 0.1) is 6.92 Å². The normalized spacial score (nSPS) is 12.3. The molecule has 106 valence electrons. The van der Waals surface area contributed by atoms with Gasteiger partial charge in [-0.3, -0.25) is 0 Å². The number of rotatable bonds is 3. The second kappa shape index (κ2) is 5.46. The average Bonchev–Trinajstić information content (AvgIpc) is 2.98. The first kappa shape index (κ1) is 13.5. The highest BCUT2D eigenvalue weighted by Gasteiger charge is 2.13. The maximum atomic E-state index is 9.71. The Morgan fingerprint density at radius 1 is 1.05 bits per heavy atom. The zero-order chi connectivity index (χ0) is 14.8. The molecule has 0 bridgehead atoms. The number of aliphatic hydroxyl groups is 1. The Balaban J connectivity index is 2.04. The Hall–Kier alpha value is -2.53. The molecule has 0 fully saturated rings. The Morgan fingerprint density at radius 3 is 2.52 bits per heavy atom. The smallest absolute Gasteiger partial charge is 0.184 e. The molecule has 0 saturated heterocycles. The van der Waals surface area contributed by atoms with Gasteiger partial charge < -0.3 is 5.11 Å². The van der Waals surface area contributed by atoms with Crippen molar-refractivity contribution >= 4 is 0 Å². The minimum Gasteiger partial charge on any atom is -0.385 e. The van der Waals surface area contributed by atoms with Gasteiger partial charge in [0.05, 0.1) is 5.69 Å². The van der Waals surface area contributed by atoms with Crippen LogP contribution in [0.3, 0.4) is 0 Å². The van der Waals surface area contributed by atoms with Gasteiger partial charge in [-0.2, -0.15) is 4.68 Å². The predicted molar refractivity (Wildman–Crippen MR) is 80.0 cm³/mol. The van der Waals surface area contributed by atoms with Crippen molar-refractivity contribution in [3.8, 4) is 16.8 Å². The summed E-state index contributed by atoms with van der Waals surface area (Å²) in [4.78, 5) is 0. The van der Waals surface area contributed by atoms with Crippen LogP contribution in [0.4, 0.5) is 0 Å². The maximum Gasteiger partial charge on any atom is 0.184 e. The second-order valence-corrected chi connectivity index (χ2v) is 5.04. The molecule has 0 radical (unpaired) electrons. The third-order valence-corrected chi connectivity index (χ3v) is 3.34. The molecule has 0 unspecified atom stereocenters. The lowest BCUT2D eigenvalue weighted by molar-refractivity contribution is 0.186. The van der Waals surface area contributed by atoms with Crippen molar-refractivity contribution < 1.29 is 5.11 Å². The van der Waals surface area contributed by atoms with Crippen LogP contribution < -0.4 is 0 Å². The maximum absolute atomic E-state index is 9.71. The van der Waals surface area contributed by atoms with E-state index in [1.807, 2.05) is 24.3 Å². The average molecular weight is 280 g/mol. The van der Waals surface area contributed by atoms with Crippen molar-refractivity contribution in [2.24, 2.45) is 0 Å². The number of hydrogen-bond donors (Lipinski definition) is 1. The summed E-state index contributed by atoms with van der Waals surface area (Å²) in [6.07, 6.45) is -0.719. The summed E-state index contributed by atoms with van der Waals surface area (Å²) in [6.45, 7) is 3.71. The molecule has 1 heterocycles. The molecule has 1 aromatic heterocycles. The van der Waals surface area contributed by atoms with Crippen LogP contribution in [-0.4, -0.2) is 25.3 Å². The van der Waals surface area contributed by atoms with E-state index in [0.717, 1.165) is 16.8 Å². The number of hydrogen-bond acceptors (Lipinski definition) is 4. The highest BCUT2D eigenvalue weighted by molar-refractivity contribution is 5.66. The van der Waals surface area contributed by atoms with E-state index >= 15 is 0 Å². The molecule has 2 aromatic carbocycles. The molecular formula is C16H16N4O. The first-order chi connectivity index (χ1) is 10.1. The fourth-order valence-corrected chi connectivity index (χ4v) is 2.20. The van der Waals surface area contributed by atoms with E-state index in [2.05, 4.69) is 46.7 Å². The van der Waals surface area contributed by atoms with Gasteiger partial charge in [0.1, 0.15) is 6.10 Å². The fraction of sp³-hybridized carbons (Fsp3) is 0.188. The van der Waals surface area contributed by atoms with Gasteiger partial charge in [-0.15, -0.1) is 5.10 Å². The van der Waals surface area contributed by atoms with Gasteiger partial charge in [0.15, 0.2) is 5.82 Å². The van der Waals surface area contributed by atoms with E-state index in [4.69, 9.17) is 0 Å². The lowest BCUT2D eigenvalue weighted by Gasteiger charge is -2.08. The molecule has 1 atom stereocenters. The Bertz CT molecular complexity index is 747. The number of aryl methyl sites for hydroxylation is 1. The molecule has 3 rings (SSSR count). The lowest BCUT2D eigenvalue weighted by Crippen LogP contribution is -2.06. The summed E-state index contributed by atoms with van der Waals surface area (Å²) in [5, 5.41) is 21.2. The predicted octanol–water partition coefficient (Wildman–Crippen LogP) is 2.69. The van der Waals surface area contributed by atoms with Gasteiger partial charge in [0, 0.05) is 0 Å². The van der Waals surface area contributed by atoms with Crippen LogP contribution in [0.1, 0.15) is 24.4 Å². The van der Waals surface area contributed by atoms with Crippen molar-refractivity contribution in [2.45, 2.75) is 20.0 Å². The number of tetrazole rings is 1. The highest BCUT2D eigenvalue weighted by atomic mass is 16.3. The second-order valence-electron chi connectivity index (χ2n) is 5.04. The molecule has 5 heteroatoms. The standard InChI is InChI=1S/C16H16N4O/c1-11-6-8-13(9-7-11)14-4-3-5-15(10-14)20-16(12(2)21)17-18-19-20/h3-10,12,21H,1-2H3/t12-/m0/s1. The molecule has 3 aromatic rings. The molecule has 0 aliphatic heterocycles. The van der Waals surface area contributed by atoms with Gasteiger partial charge in [0.2, 0.25) is 0 Å². The quantitative estimate of drug-likeness (QED) is 0.801. The Kier molecular flexibility index (Phi) is 3.50. The first-order valence-electron chi connectivity index (χ1n) is 6.79. The zero-order valence-electron chi connectivity index (χ0n) is 11.9. The van der Waals surface area contributed by atoms with Crippen molar-refractivity contribution in [1.29, 1.82) is 0 Å². The van der Waals surface area contributed by atoms with Crippen molar-refractivity contribution in [3.63, 3.8) is 0 Å². The number of aromatic nitrogens is 4. The monoisotopic (exact) mass is 280 g/mol. The van der Waals surface area contributed by atoms with Gasteiger partial charge in [-0.25, -0.2) is 0 Å². The number of aliphatic hydroxyl groups excluding tert-OH is 1. The van der Waals surface area contributed by atoms with Crippen LogP contribution in [0.2, 0.25) is 0 Å². The van der Waals surface area contributed by atoms with E-state index in [1.165, 1.54) is 5.56 Å². The molecule has 0 spiro atoms. The van der Waals surface area contributed by atoms with Gasteiger partial charge in [-0.05, 0) is 47.5 Å². The fourth-order valence-electron chi connectivity index (χ4n) is 2.20. The van der Waals surface area contributed by atoms with Crippen LogP contribution in [0.5, 0.6) is 0 Å². The summed E-state index contributed by atoms with van der Waals surface area (Å²) in [6, 6.07) is 16.3. The summed E-state index contributed by atoms with van der Waals surface area (Å²) >= 11 is 0. The summed E-state index contributed by atoms with van der Waals surface area (Å²) in [7, 11) is 0. The topological polar surface area (TPSA) is 63.8 Å². The zero-order valence-corrected chi connectivity index (χ0v) is 11.9. The summed E-state index contributed by atoms with van der Waals surface area (Å²) in [5.74, 6) is 0.427. The molecule has 1 N–H and O–H groups in total. The minimum atomic E-state index is -0.719. The van der Waals surface area contributed by atoms with E-state index in [0.29, 0.717) is 5.82 Å². The van der Waals surface area contributed by atoms with E-state index in [1.54, 1.807) is 11.6 Å². The van der Waals surface area contributed by atoms with Gasteiger partial charge >= 0.3 is 0 Å². The van der Waals surface area contributed by atoms with Crippen LogP contribution in [0.15, 0.2) is 48.5 Å². The first-order valence-corrected chi connectivity index (χ1v) is 6.79. The van der Waals surface area contributed by atoms with Crippen molar-refractivity contribution in [1.82, 2.24) is 20.2 Å². The molecule has 0 aliphatic rings. The van der Waals surface area contributed by atoms with E-state index < -0.39 is 6.10 Å². The number of benzene rings is 2. The molecule has 0 aliphatic carbocycles. The minimum absolute atomic E-state index is 0.427. The van der Waals surface area contributed by atoms with Crippen LogP contribution >= 0.6 is 0 Å². The summed E-state index contributed by atoms with van der Waals surface area (Å²) < 4.78 is 1.56. The van der Waals surface area contributed by atoms with Crippen molar-refractivity contribution in [3.05, 3.63) is 59.9 Å². The lowest BCUT2D eigenvalue weighted by atomic mass is 10.0. The highest BCUT2D eigenvalue weighted by Crippen LogP contribution is 2.23. The molecule has 0 saturated carbocycles. The number of nitrogens with zero attached hydrogens (tertiary/aromatic N) is 4. The molecule has 5 nitrogen and oxygen atoms in total. The third-order valence-electron chi connectivity index (χ3n) is 3.34. The Labute approximate surface area is 122 Å². The summed E-state index contributed by atoms with van der Waals surface area (Å²) in [5.41, 5.74) is 4.27. The molecule has 21 heavy (non-hydrogen) atoms. The van der Waals surface area contributed by atoms with Crippen molar-refractivity contribution in [2.75, 3.05) is 0 Å². The Morgan fingerprint density at radius 2 is 1.81 bits per heavy atom.